The van der Waals surface area contributed by atoms with Crippen molar-refractivity contribution in [3.05, 3.63) is 35.9 Å². The van der Waals surface area contributed by atoms with Gasteiger partial charge in [-0.15, -0.1) is 0 Å². The standard InChI is InChI=1S/C16H22N2O3/c1-4-16(3,5-2)18-15(21)17-13-9-6-12(7-10-13)8-11-14(19)20/h6-11H,4-5H2,1-3H3,(H,19,20)(H2,17,18,21)/b11-8+. The van der Waals surface area contributed by atoms with Crippen molar-refractivity contribution in [3.8, 4) is 0 Å². The van der Waals surface area contributed by atoms with E-state index in [1.807, 2.05) is 20.8 Å². The molecule has 114 valence electrons. The van der Waals surface area contributed by atoms with E-state index in [1.54, 1.807) is 24.3 Å². The Bertz CT molecular complexity index is 517. The molecular formula is C16H22N2O3. The summed E-state index contributed by atoms with van der Waals surface area (Å²) in [7, 11) is 0. The molecule has 0 aliphatic carbocycles. The van der Waals surface area contributed by atoms with Gasteiger partial charge in [0.25, 0.3) is 0 Å². The van der Waals surface area contributed by atoms with Crippen LogP contribution < -0.4 is 10.6 Å². The zero-order valence-corrected chi connectivity index (χ0v) is 12.6. The molecule has 5 nitrogen and oxygen atoms in total. The Balaban J connectivity index is 2.63. The highest BCUT2D eigenvalue weighted by Crippen LogP contribution is 2.15. The maximum Gasteiger partial charge on any atom is 0.328 e. The number of rotatable bonds is 6. The van der Waals surface area contributed by atoms with Gasteiger partial charge in [0, 0.05) is 17.3 Å². The van der Waals surface area contributed by atoms with Crippen LogP contribution in [0.5, 0.6) is 0 Å². The number of carbonyl (C=O) groups excluding carboxylic acids is 1. The number of hydrogen-bond acceptors (Lipinski definition) is 2. The highest BCUT2D eigenvalue weighted by Gasteiger charge is 2.21. The first-order valence-corrected chi connectivity index (χ1v) is 6.99. The second-order valence-corrected chi connectivity index (χ2v) is 5.14. The van der Waals surface area contributed by atoms with Crippen LogP contribution in [0.3, 0.4) is 0 Å². The summed E-state index contributed by atoms with van der Waals surface area (Å²) >= 11 is 0. The van der Waals surface area contributed by atoms with Crippen molar-refractivity contribution in [2.24, 2.45) is 0 Å². The highest BCUT2D eigenvalue weighted by molar-refractivity contribution is 5.90. The summed E-state index contributed by atoms with van der Waals surface area (Å²) in [5.41, 5.74) is 1.21. The summed E-state index contributed by atoms with van der Waals surface area (Å²) in [5.74, 6) is -0.991. The van der Waals surface area contributed by atoms with Gasteiger partial charge in [-0.25, -0.2) is 9.59 Å². The van der Waals surface area contributed by atoms with Gasteiger partial charge in [-0.3, -0.25) is 0 Å². The molecule has 0 spiro atoms. The van der Waals surface area contributed by atoms with Gasteiger partial charge in [0.1, 0.15) is 0 Å². The van der Waals surface area contributed by atoms with Crippen LogP contribution >= 0.6 is 0 Å². The van der Waals surface area contributed by atoms with E-state index in [4.69, 9.17) is 5.11 Å². The minimum Gasteiger partial charge on any atom is -0.478 e. The van der Waals surface area contributed by atoms with Crippen LogP contribution in [-0.2, 0) is 4.79 Å². The Morgan fingerprint density at radius 1 is 1.19 bits per heavy atom. The van der Waals surface area contributed by atoms with Gasteiger partial charge in [0.15, 0.2) is 0 Å². The largest absolute Gasteiger partial charge is 0.478 e. The summed E-state index contributed by atoms with van der Waals surface area (Å²) < 4.78 is 0. The van der Waals surface area contributed by atoms with E-state index < -0.39 is 5.97 Å². The third kappa shape index (κ3) is 5.69. The van der Waals surface area contributed by atoms with Crippen LogP contribution in [0.1, 0.15) is 39.2 Å². The Labute approximate surface area is 125 Å². The molecule has 1 rings (SSSR count). The number of carboxylic acid groups (broad SMARTS) is 1. The fourth-order valence-corrected chi connectivity index (χ4v) is 1.71. The van der Waals surface area contributed by atoms with Crippen LogP contribution in [-0.4, -0.2) is 22.6 Å². The number of aliphatic carboxylic acids is 1. The van der Waals surface area contributed by atoms with Crippen LogP contribution in [0.25, 0.3) is 6.08 Å². The van der Waals surface area contributed by atoms with E-state index in [1.165, 1.54) is 6.08 Å². The first-order valence-electron chi connectivity index (χ1n) is 6.99. The molecule has 0 unspecified atom stereocenters. The topological polar surface area (TPSA) is 78.4 Å². The molecule has 1 aromatic rings. The number of amides is 2. The molecule has 0 aromatic heterocycles. The molecule has 0 aliphatic heterocycles. The Hall–Kier alpha value is -2.30. The molecule has 5 heteroatoms. The van der Waals surface area contributed by atoms with Crippen LogP contribution in [0.15, 0.2) is 30.3 Å². The van der Waals surface area contributed by atoms with Gasteiger partial charge in [0.05, 0.1) is 0 Å². The Kier molecular flexibility index (Phi) is 5.96. The smallest absolute Gasteiger partial charge is 0.328 e. The zero-order chi connectivity index (χ0) is 15.9. The van der Waals surface area contributed by atoms with Crippen LogP contribution in [0, 0.1) is 0 Å². The second-order valence-electron chi connectivity index (χ2n) is 5.14. The molecule has 0 saturated heterocycles. The second kappa shape index (κ2) is 7.47. The summed E-state index contributed by atoms with van der Waals surface area (Å²) in [4.78, 5) is 22.4. The van der Waals surface area contributed by atoms with Crippen LogP contribution in [0.4, 0.5) is 10.5 Å². The van der Waals surface area contributed by atoms with E-state index in [-0.39, 0.29) is 11.6 Å². The van der Waals surface area contributed by atoms with E-state index in [0.29, 0.717) is 5.69 Å². The molecule has 0 aliphatic rings. The number of hydrogen-bond donors (Lipinski definition) is 3. The Morgan fingerprint density at radius 2 is 1.76 bits per heavy atom. The first-order chi connectivity index (χ1) is 9.88. The van der Waals surface area contributed by atoms with Gasteiger partial charge >= 0.3 is 12.0 Å². The van der Waals surface area contributed by atoms with Crippen molar-refractivity contribution in [1.82, 2.24) is 5.32 Å². The van der Waals surface area contributed by atoms with Crippen molar-refractivity contribution in [3.63, 3.8) is 0 Å². The maximum atomic E-state index is 11.9. The minimum atomic E-state index is -0.991. The molecule has 21 heavy (non-hydrogen) atoms. The van der Waals surface area contributed by atoms with Crippen LogP contribution in [0.2, 0.25) is 0 Å². The van der Waals surface area contributed by atoms with Crippen molar-refractivity contribution < 1.29 is 14.7 Å². The molecular weight excluding hydrogens is 268 g/mol. The van der Waals surface area contributed by atoms with Gasteiger partial charge in [-0.2, -0.15) is 0 Å². The summed E-state index contributed by atoms with van der Waals surface area (Å²) in [6, 6.07) is 6.71. The number of urea groups is 1. The lowest BCUT2D eigenvalue weighted by Crippen LogP contribution is -2.46. The van der Waals surface area contributed by atoms with E-state index in [9.17, 15) is 9.59 Å². The minimum absolute atomic E-state index is 0.214. The molecule has 0 bridgehead atoms. The van der Waals surface area contributed by atoms with Crippen molar-refractivity contribution in [1.29, 1.82) is 0 Å². The number of benzene rings is 1. The lowest BCUT2D eigenvalue weighted by molar-refractivity contribution is -0.131. The summed E-state index contributed by atoms with van der Waals surface area (Å²) in [5, 5.41) is 14.3. The molecule has 1 aromatic carbocycles. The van der Waals surface area contributed by atoms with E-state index in [2.05, 4.69) is 10.6 Å². The number of anilines is 1. The predicted molar refractivity (Wildman–Crippen MR) is 84.3 cm³/mol. The van der Waals surface area contributed by atoms with Gasteiger partial charge < -0.3 is 15.7 Å². The van der Waals surface area contributed by atoms with E-state index >= 15 is 0 Å². The molecule has 0 atom stereocenters. The first kappa shape index (κ1) is 16.8. The lowest BCUT2D eigenvalue weighted by Gasteiger charge is -2.28. The molecule has 0 saturated carbocycles. The molecule has 3 N–H and O–H groups in total. The maximum absolute atomic E-state index is 11.9. The summed E-state index contributed by atoms with van der Waals surface area (Å²) in [6.07, 6.45) is 4.28. The zero-order valence-electron chi connectivity index (χ0n) is 12.6. The highest BCUT2D eigenvalue weighted by atomic mass is 16.4. The van der Waals surface area contributed by atoms with Crippen molar-refractivity contribution >= 4 is 23.8 Å². The fourth-order valence-electron chi connectivity index (χ4n) is 1.71. The van der Waals surface area contributed by atoms with Gasteiger partial charge in [-0.05, 0) is 43.5 Å². The predicted octanol–water partition coefficient (Wildman–Crippen LogP) is 3.48. The average Bonchev–Trinajstić information content (AvgIpc) is 2.46. The molecule has 2 amide bonds. The number of nitrogens with one attached hydrogen (secondary N) is 2. The van der Waals surface area contributed by atoms with Gasteiger partial charge in [-0.1, -0.05) is 26.0 Å². The SMILES string of the molecule is CCC(C)(CC)NC(=O)Nc1ccc(/C=C/C(=O)O)cc1. The molecule has 0 fully saturated rings. The lowest BCUT2D eigenvalue weighted by atomic mass is 9.96. The fraction of sp³-hybridized carbons (Fsp3) is 0.375. The average molecular weight is 290 g/mol. The third-order valence-electron chi connectivity index (χ3n) is 3.56. The molecule has 0 radical (unpaired) electrons. The monoisotopic (exact) mass is 290 g/mol. The third-order valence-corrected chi connectivity index (χ3v) is 3.56. The van der Waals surface area contributed by atoms with Crippen molar-refractivity contribution in [2.75, 3.05) is 5.32 Å². The normalized spacial score (nSPS) is 11.4. The number of carboxylic acids is 1. The van der Waals surface area contributed by atoms with E-state index in [0.717, 1.165) is 24.5 Å². The van der Waals surface area contributed by atoms with Crippen molar-refractivity contribution in [2.45, 2.75) is 39.2 Å². The quantitative estimate of drug-likeness (QED) is 0.702. The molecule has 0 heterocycles. The number of carbonyl (C=O) groups is 2. The Morgan fingerprint density at radius 3 is 2.24 bits per heavy atom. The summed E-state index contributed by atoms with van der Waals surface area (Å²) in [6.45, 7) is 6.08. The van der Waals surface area contributed by atoms with Gasteiger partial charge in [0.2, 0.25) is 0 Å².